The molecule has 0 fully saturated rings. The molecular weight excluding hydrogens is 191 g/mol. The van der Waals surface area contributed by atoms with E-state index in [1.807, 2.05) is 0 Å². The highest BCUT2D eigenvalue weighted by atomic mass is 19.4. The highest BCUT2D eigenvalue weighted by Gasteiger charge is 2.30. The van der Waals surface area contributed by atoms with E-state index in [4.69, 9.17) is 0 Å². The fraction of sp³-hybridized carbons (Fsp3) is 0.300. The summed E-state index contributed by atoms with van der Waals surface area (Å²) in [5.41, 5.74) is 0.521. The number of alkyl halides is 3. The zero-order valence-corrected chi connectivity index (χ0v) is 7.73. The number of rotatable bonds is 2. The zero-order chi connectivity index (χ0) is 10.8. The van der Waals surface area contributed by atoms with E-state index in [-0.39, 0.29) is 0 Å². The van der Waals surface area contributed by atoms with Gasteiger partial charge in [0.1, 0.15) is 0 Å². The number of aromatic nitrogens is 1. The highest BCUT2D eigenvalue weighted by Crippen LogP contribution is 2.29. The van der Waals surface area contributed by atoms with Crippen molar-refractivity contribution < 1.29 is 13.2 Å². The van der Waals surface area contributed by atoms with Crippen molar-refractivity contribution in [3.63, 3.8) is 0 Å². The smallest absolute Gasteiger partial charge is 0.261 e. The fourth-order valence-electron chi connectivity index (χ4n) is 1.06. The van der Waals surface area contributed by atoms with Crippen LogP contribution < -0.4 is 0 Å². The number of allylic oxidation sites excluding steroid dienone is 1. The molecule has 0 aliphatic rings. The van der Waals surface area contributed by atoms with Gasteiger partial charge in [-0.15, -0.1) is 0 Å². The third-order valence-electron chi connectivity index (χ3n) is 1.63. The van der Waals surface area contributed by atoms with Gasteiger partial charge in [-0.05, 0) is 19.1 Å². The molecule has 0 radical (unpaired) electrons. The molecule has 0 N–H and O–H groups in total. The average molecular weight is 201 g/mol. The molecule has 76 valence electrons. The molecule has 0 unspecified atom stereocenters. The van der Waals surface area contributed by atoms with Crippen LogP contribution >= 0.6 is 0 Å². The Kier molecular flexibility index (Phi) is 2.93. The van der Waals surface area contributed by atoms with Gasteiger partial charge in [0.05, 0.1) is 5.56 Å². The Balaban J connectivity index is 2.95. The predicted octanol–water partition coefficient (Wildman–Crippen LogP) is 3.22. The largest absolute Gasteiger partial charge is 0.416 e. The Hall–Kier alpha value is -1.32. The van der Waals surface area contributed by atoms with E-state index in [9.17, 15) is 13.2 Å². The summed E-state index contributed by atoms with van der Waals surface area (Å²) >= 11 is 0. The van der Waals surface area contributed by atoms with E-state index in [1.54, 1.807) is 6.92 Å². The van der Waals surface area contributed by atoms with Crippen LogP contribution in [0.1, 0.15) is 18.2 Å². The SMILES string of the molecule is C=C(C)Cc1cc(C(F)(F)F)ccn1. The Morgan fingerprint density at radius 3 is 2.64 bits per heavy atom. The lowest BCUT2D eigenvalue weighted by Gasteiger charge is -2.07. The van der Waals surface area contributed by atoms with Gasteiger partial charge in [0.25, 0.3) is 0 Å². The first kappa shape index (κ1) is 10.8. The van der Waals surface area contributed by atoms with Crippen LogP contribution in [0.15, 0.2) is 30.5 Å². The molecule has 14 heavy (non-hydrogen) atoms. The quantitative estimate of drug-likeness (QED) is 0.669. The number of halogens is 3. The molecule has 0 aromatic carbocycles. The molecule has 1 rings (SSSR count). The third-order valence-corrected chi connectivity index (χ3v) is 1.63. The first-order valence-corrected chi connectivity index (χ1v) is 4.06. The highest BCUT2D eigenvalue weighted by molar-refractivity contribution is 5.21. The second kappa shape index (κ2) is 3.82. The molecule has 0 saturated heterocycles. The van der Waals surface area contributed by atoms with Gasteiger partial charge < -0.3 is 0 Å². The van der Waals surface area contributed by atoms with Crippen molar-refractivity contribution in [2.45, 2.75) is 19.5 Å². The lowest BCUT2D eigenvalue weighted by atomic mass is 10.1. The minimum atomic E-state index is -4.30. The van der Waals surface area contributed by atoms with Gasteiger partial charge in [0.2, 0.25) is 0 Å². The van der Waals surface area contributed by atoms with Crippen LogP contribution in [0.25, 0.3) is 0 Å². The number of hydrogen-bond donors (Lipinski definition) is 0. The second-order valence-corrected chi connectivity index (χ2v) is 3.17. The fourth-order valence-corrected chi connectivity index (χ4v) is 1.06. The molecule has 1 aromatic rings. The van der Waals surface area contributed by atoms with Gasteiger partial charge in [-0.2, -0.15) is 13.2 Å². The molecule has 1 heterocycles. The van der Waals surface area contributed by atoms with Gasteiger partial charge in [0, 0.05) is 18.3 Å². The summed E-state index contributed by atoms with van der Waals surface area (Å²) in [6, 6.07) is 2.01. The summed E-state index contributed by atoms with van der Waals surface area (Å²) in [6.07, 6.45) is -2.75. The summed E-state index contributed by atoms with van der Waals surface area (Å²) in [6.45, 7) is 5.37. The van der Waals surface area contributed by atoms with Crippen molar-refractivity contribution in [2.75, 3.05) is 0 Å². The first-order chi connectivity index (χ1) is 6.39. The zero-order valence-electron chi connectivity index (χ0n) is 7.73. The maximum absolute atomic E-state index is 12.3. The van der Waals surface area contributed by atoms with Crippen LogP contribution in [0.4, 0.5) is 13.2 Å². The van der Waals surface area contributed by atoms with E-state index in [1.165, 1.54) is 6.20 Å². The van der Waals surface area contributed by atoms with E-state index in [0.29, 0.717) is 12.1 Å². The Bertz CT molecular complexity index is 341. The second-order valence-electron chi connectivity index (χ2n) is 3.17. The van der Waals surface area contributed by atoms with Crippen molar-refractivity contribution >= 4 is 0 Å². The van der Waals surface area contributed by atoms with Crippen molar-refractivity contribution in [3.05, 3.63) is 41.7 Å². The first-order valence-electron chi connectivity index (χ1n) is 4.06. The minimum Gasteiger partial charge on any atom is -0.261 e. The van der Waals surface area contributed by atoms with Crippen molar-refractivity contribution in [1.82, 2.24) is 4.98 Å². The van der Waals surface area contributed by atoms with E-state index < -0.39 is 11.7 Å². The monoisotopic (exact) mass is 201 g/mol. The predicted molar refractivity (Wildman–Crippen MR) is 47.8 cm³/mol. The molecule has 0 bridgehead atoms. The summed E-state index contributed by atoms with van der Waals surface area (Å²) in [5, 5.41) is 0. The van der Waals surface area contributed by atoms with Gasteiger partial charge in [0.15, 0.2) is 0 Å². The van der Waals surface area contributed by atoms with E-state index in [0.717, 1.165) is 17.7 Å². The number of nitrogens with zero attached hydrogens (tertiary/aromatic N) is 1. The van der Waals surface area contributed by atoms with E-state index >= 15 is 0 Å². The molecule has 0 spiro atoms. The van der Waals surface area contributed by atoms with Gasteiger partial charge in [-0.1, -0.05) is 12.2 Å². The van der Waals surface area contributed by atoms with Crippen LogP contribution in [0, 0.1) is 0 Å². The summed E-state index contributed by atoms with van der Waals surface area (Å²) in [7, 11) is 0. The Labute approximate surface area is 80.3 Å². The van der Waals surface area contributed by atoms with Crippen molar-refractivity contribution in [1.29, 1.82) is 0 Å². The summed E-state index contributed by atoms with van der Waals surface area (Å²) in [5.74, 6) is 0. The molecule has 0 saturated carbocycles. The van der Waals surface area contributed by atoms with Crippen LogP contribution in [0.5, 0.6) is 0 Å². The molecular formula is C10H10F3N. The molecule has 0 aliphatic carbocycles. The maximum atomic E-state index is 12.3. The van der Waals surface area contributed by atoms with Crippen molar-refractivity contribution in [2.24, 2.45) is 0 Å². The van der Waals surface area contributed by atoms with E-state index in [2.05, 4.69) is 11.6 Å². The summed E-state index contributed by atoms with van der Waals surface area (Å²) in [4.78, 5) is 3.83. The summed E-state index contributed by atoms with van der Waals surface area (Å²) < 4.78 is 36.8. The maximum Gasteiger partial charge on any atom is 0.416 e. The third kappa shape index (κ3) is 2.87. The van der Waals surface area contributed by atoms with Gasteiger partial charge in [-0.3, -0.25) is 4.98 Å². The molecule has 0 aliphatic heterocycles. The van der Waals surface area contributed by atoms with Crippen LogP contribution in [-0.4, -0.2) is 4.98 Å². The molecule has 1 nitrogen and oxygen atoms in total. The standard InChI is InChI=1S/C10H10F3N/c1-7(2)5-9-6-8(3-4-14-9)10(11,12)13/h3-4,6H,1,5H2,2H3. The molecule has 0 atom stereocenters. The van der Waals surface area contributed by atoms with Crippen molar-refractivity contribution in [3.8, 4) is 0 Å². The minimum absolute atomic E-state index is 0.379. The van der Waals surface area contributed by atoms with Crippen LogP contribution in [0.2, 0.25) is 0 Å². The van der Waals surface area contributed by atoms with Crippen LogP contribution in [-0.2, 0) is 12.6 Å². The average Bonchev–Trinajstić information content (AvgIpc) is 2.01. The molecule has 4 heteroatoms. The normalized spacial score (nSPS) is 11.4. The molecule has 1 aromatic heterocycles. The number of pyridine rings is 1. The lowest BCUT2D eigenvalue weighted by Crippen LogP contribution is -2.06. The number of hydrogen-bond acceptors (Lipinski definition) is 1. The van der Waals surface area contributed by atoms with Gasteiger partial charge >= 0.3 is 6.18 Å². The Morgan fingerprint density at radius 2 is 2.14 bits per heavy atom. The van der Waals surface area contributed by atoms with Gasteiger partial charge in [-0.25, -0.2) is 0 Å². The molecule has 0 amide bonds. The Morgan fingerprint density at radius 1 is 1.50 bits per heavy atom. The van der Waals surface area contributed by atoms with Crippen LogP contribution in [0.3, 0.4) is 0 Å². The topological polar surface area (TPSA) is 12.9 Å². The lowest BCUT2D eigenvalue weighted by molar-refractivity contribution is -0.137.